The fraction of sp³-hybridized carbons (Fsp3) is 0.250. The SMILES string of the molecule is C=CCOc1ccc(/C(O)=C2\C(=O)C(=O)N(CCCn3ccnc3)[C@H]2c2ccc(OC)c(OC)c2)cc1. The molecule has 37 heavy (non-hydrogen) atoms. The maximum atomic E-state index is 13.3. The Hall–Kier alpha value is -4.53. The number of hydrogen-bond donors (Lipinski definition) is 1. The van der Waals surface area contributed by atoms with Crippen molar-refractivity contribution in [3.63, 3.8) is 0 Å². The van der Waals surface area contributed by atoms with Gasteiger partial charge in [-0.05, 0) is 48.4 Å². The molecular weight excluding hydrogens is 474 g/mol. The van der Waals surface area contributed by atoms with Gasteiger partial charge < -0.3 is 28.8 Å². The first-order valence-electron chi connectivity index (χ1n) is 11.8. The van der Waals surface area contributed by atoms with E-state index >= 15 is 0 Å². The molecule has 1 fully saturated rings. The van der Waals surface area contributed by atoms with E-state index in [1.165, 1.54) is 19.1 Å². The van der Waals surface area contributed by atoms with Gasteiger partial charge in [-0.2, -0.15) is 0 Å². The minimum Gasteiger partial charge on any atom is -0.507 e. The minimum absolute atomic E-state index is 0.0135. The third-order valence-corrected chi connectivity index (χ3v) is 6.13. The maximum absolute atomic E-state index is 13.3. The number of likely N-dealkylation sites (tertiary alicyclic amines) is 1. The molecule has 9 heteroatoms. The molecule has 1 aliphatic rings. The smallest absolute Gasteiger partial charge is 0.295 e. The average molecular weight is 504 g/mol. The van der Waals surface area contributed by atoms with Crippen molar-refractivity contribution < 1.29 is 28.9 Å². The minimum atomic E-state index is -0.806. The summed E-state index contributed by atoms with van der Waals surface area (Å²) in [6.07, 6.45) is 7.43. The lowest BCUT2D eigenvalue weighted by Gasteiger charge is -2.26. The van der Waals surface area contributed by atoms with Crippen LogP contribution < -0.4 is 14.2 Å². The van der Waals surface area contributed by atoms with E-state index in [1.54, 1.807) is 61.1 Å². The van der Waals surface area contributed by atoms with E-state index in [4.69, 9.17) is 14.2 Å². The van der Waals surface area contributed by atoms with Crippen LogP contribution in [0.2, 0.25) is 0 Å². The van der Waals surface area contributed by atoms with Crippen molar-refractivity contribution in [2.75, 3.05) is 27.4 Å². The van der Waals surface area contributed by atoms with Crippen LogP contribution in [-0.2, 0) is 16.1 Å². The number of aliphatic hydroxyl groups excluding tert-OH is 1. The van der Waals surface area contributed by atoms with E-state index in [0.717, 1.165) is 0 Å². The number of rotatable bonds is 11. The van der Waals surface area contributed by atoms with E-state index < -0.39 is 17.7 Å². The summed E-state index contributed by atoms with van der Waals surface area (Å²) in [6, 6.07) is 11.1. The number of methoxy groups -OCH3 is 2. The highest BCUT2D eigenvalue weighted by atomic mass is 16.5. The molecule has 0 saturated carbocycles. The zero-order valence-corrected chi connectivity index (χ0v) is 20.8. The monoisotopic (exact) mass is 503 g/mol. The van der Waals surface area contributed by atoms with Crippen LogP contribution in [0.5, 0.6) is 17.2 Å². The predicted molar refractivity (Wildman–Crippen MR) is 138 cm³/mol. The van der Waals surface area contributed by atoms with Crippen molar-refractivity contribution in [1.82, 2.24) is 14.5 Å². The summed E-state index contributed by atoms with van der Waals surface area (Å²) in [5.41, 5.74) is 1.03. The summed E-state index contributed by atoms with van der Waals surface area (Å²) in [5, 5.41) is 11.3. The first-order valence-corrected chi connectivity index (χ1v) is 11.8. The van der Waals surface area contributed by atoms with Crippen molar-refractivity contribution in [1.29, 1.82) is 0 Å². The molecule has 0 spiro atoms. The van der Waals surface area contributed by atoms with Crippen molar-refractivity contribution in [3.8, 4) is 17.2 Å². The number of amides is 1. The summed E-state index contributed by atoms with van der Waals surface area (Å²) in [5.74, 6) is -0.116. The number of carbonyl (C=O) groups excluding carboxylic acids is 2. The number of benzene rings is 2. The second-order valence-electron chi connectivity index (χ2n) is 8.39. The van der Waals surface area contributed by atoms with Gasteiger partial charge in [-0.1, -0.05) is 18.7 Å². The number of ketones is 1. The fourth-order valence-corrected chi connectivity index (χ4v) is 4.34. The number of imidazole rings is 1. The first-order chi connectivity index (χ1) is 18.0. The standard InChI is InChI=1S/C28H29N3O6/c1-4-16-37-21-9-6-19(7-10-21)26(32)24-25(20-8-11-22(35-2)23(17-20)36-3)31(28(34)27(24)33)14-5-13-30-15-12-29-18-30/h4,6-12,15,17-18,25,32H,1,5,13-14,16H2,2-3H3/b26-24+/t25-/m0/s1. The lowest BCUT2D eigenvalue weighted by molar-refractivity contribution is -0.139. The molecular formula is C28H29N3O6. The highest BCUT2D eigenvalue weighted by molar-refractivity contribution is 6.46. The van der Waals surface area contributed by atoms with Crippen LogP contribution in [0.3, 0.4) is 0 Å². The van der Waals surface area contributed by atoms with Crippen molar-refractivity contribution in [2.45, 2.75) is 19.0 Å². The Morgan fingerprint density at radius 1 is 1.08 bits per heavy atom. The molecule has 0 unspecified atom stereocenters. The van der Waals surface area contributed by atoms with E-state index in [1.807, 2.05) is 10.8 Å². The van der Waals surface area contributed by atoms with Gasteiger partial charge in [0.05, 0.1) is 32.2 Å². The molecule has 2 aromatic carbocycles. The fourth-order valence-electron chi connectivity index (χ4n) is 4.34. The highest BCUT2D eigenvalue weighted by Gasteiger charge is 2.46. The van der Waals surface area contributed by atoms with Crippen molar-refractivity contribution in [2.24, 2.45) is 0 Å². The third kappa shape index (κ3) is 5.35. The molecule has 2 heterocycles. The van der Waals surface area contributed by atoms with Gasteiger partial charge in [0.2, 0.25) is 0 Å². The topological polar surface area (TPSA) is 103 Å². The average Bonchev–Trinajstić information content (AvgIpc) is 3.53. The highest BCUT2D eigenvalue weighted by Crippen LogP contribution is 2.42. The molecule has 0 radical (unpaired) electrons. The number of aromatic nitrogens is 2. The Morgan fingerprint density at radius 3 is 2.49 bits per heavy atom. The Kier molecular flexibility index (Phi) is 7.92. The normalized spacial score (nSPS) is 16.6. The van der Waals surface area contributed by atoms with E-state index in [0.29, 0.717) is 54.5 Å². The van der Waals surface area contributed by atoms with Gasteiger partial charge in [0.15, 0.2) is 11.5 Å². The maximum Gasteiger partial charge on any atom is 0.295 e. The Labute approximate surface area is 215 Å². The van der Waals surface area contributed by atoms with Crippen LogP contribution in [0.1, 0.15) is 23.6 Å². The number of hydrogen-bond acceptors (Lipinski definition) is 7. The summed E-state index contributed by atoms with van der Waals surface area (Å²) in [4.78, 5) is 32.0. The number of ether oxygens (including phenoxy) is 3. The summed E-state index contributed by atoms with van der Waals surface area (Å²) < 4.78 is 18.2. The second kappa shape index (κ2) is 11.5. The number of Topliss-reactive ketones (excluding diaryl/α,β-unsaturated/α-hetero) is 1. The molecule has 0 bridgehead atoms. The van der Waals surface area contributed by atoms with Crippen LogP contribution in [-0.4, -0.2) is 58.6 Å². The Balaban J connectivity index is 1.74. The number of carbonyl (C=O) groups is 2. The third-order valence-electron chi connectivity index (χ3n) is 6.13. The molecule has 1 saturated heterocycles. The second-order valence-corrected chi connectivity index (χ2v) is 8.39. The van der Waals surface area contributed by atoms with Crippen LogP contribution >= 0.6 is 0 Å². The van der Waals surface area contributed by atoms with E-state index in [2.05, 4.69) is 11.6 Å². The molecule has 192 valence electrons. The molecule has 1 amide bonds. The number of aliphatic hydroxyl groups is 1. The summed E-state index contributed by atoms with van der Waals surface area (Å²) in [7, 11) is 3.04. The Bertz CT molecular complexity index is 1300. The van der Waals surface area contributed by atoms with Gasteiger partial charge in [0, 0.05) is 31.0 Å². The largest absolute Gasteiger partial charge is 0.507 e. The zero-order valence-electron chi connectivity index (χ0n) is 20.8. The van der Waals surface area contributed by atoms with Crippen molar-refractivity contribution >= 4 is 17.4 Å². The van der Waals surface area contributed by atoms with E-state index in [-0.39, 0.29) is 11.3 Å². The molecule has 1 N–H and O–H groups in total. The first kappa shape index (κ1) is 25.6. The van der Waals surface area contributed by atoms with Gasteiger partial charge in [-0.3, -0.25) is 9.59 Å². The molecule has 1 aromatic heterocycles. The molecule has 0 aliphatic carbocycles. The van der Waals surface area contributed by atoms with Gasteiger partial charge >= 0.3 is 0 Å². The molecule has 3 aromatic rings. The van der Waals surface area contributed by atoms with Crippen LogP contribution in [0, 0.1) is 0 Å². The zero-order chi connectivity index (χ0) is 26.4. The number of nitrogens with zero attached hydrogens (tertiary/aromatic N) is 3. The molecule has 1 aliphatic heterocycles. The number of aryl methyl sites for hydroxylation is 1. The van der Waals surface area contributed by atoms with Crippen LogP contribution in [0.25, 0.3) is 5.76 Å². The molecule has 1 atom stereocenters. The van der Waals surface area contributed by atoms with Crippen LogP contribution in [0.4, 0.5) is 0 Å². The van der Waals surface area contributed by atoms with E-state index in [9.17, 15) is 14.7 Å². The lowest BCUT2D eigenvalue weighted by atomic mass is 9.95. The quantitative estimate of drug-likeness (QED) is 0.183. The molecule has 4 rings (SSSR count). The lowest BCUT2D eigenvalue weighted by Crippen LogP contribution is -2.31. The molecule has 9 nitrogen and oxygen atoms in total. The van der Waals surface area contributed by atoms with Crippen molar-refractivity contribution in [3.05, 3.63) is 90.5 Å². The van der Waals surface area contributed by atoms with Gasteiger partial charge in [-0.15, -0.1) is 0 Å². The summed E-state index contributed by atoms with van der Waals surface area (Å²) >= 11 is 0. The summed E-state index contributed by atoms with van der Waals surface area (Å²) in [6.45, 7) is 4.88. The van der Waals surface area contributed by atoms with Gasteiger partial charge in [0.25, 0.3) is 11.7 Å². The van der Waals surface area contributed by atoms with Gasteiger partial charge in [-0.25, -0.2) is 4.98 Å². The van der Waals surface area contributed by atoms with Gasteiger partial charge in [0.1, 0.15) is 18.1 Å². The predicted octanol–water partition coefficient (Wildman–Crippen LogP) is 3.98. The Morgan fingerprint density at radius 2 is 1.84 bits per heavy atom. The van der Waals surface area contributed by atoms with Crippen LogP contribution in [0.15, 0.2) is 79.4 Å².